The Morgan fingerprint density at radius 3 is 2.44 bits per heavy atom. The average molecular weight is 491 g/mol. The van der Waals surface area contributed by atoms with E-state index in [0.717, 1.165) is 5.56 Å². The van der Waals surface area contributed by atoms with Crippen molar-refractivity contribution in [3.8, 4) is 11.6 Å². The van der Waals surface area contributed by atoms with Crippen LogP contribution in [-0.4, -0.2) is 42.5 Å². The quantitative estimate of drug-likeness (QED) is 0.399. The SMILES string of the molecule is Cc1ccc([C@@H](C(=O)NC(C)(C)C)N(Cc2ccco2)C(=O)Cn2nnc(-c3ccc(C)o3)n2)cc1. The molecule has 10 nitrogen and oxygen atoms in total. The molecule has 0 fully saturated rings. The summed E-state index contributed by atoms with van der Waals surface area (Å²) in [7, 11) is 0. The van der Waals surface area contributed by atoms with E-state index in [1.54, 1.807) is 24.3 Å². The summed E-state index contributed by atoms with van der Waals surface area (Å²) in [6, 6.07) is 13.7. The molecule has 10 heteroatoms. The van der Waals surface area contributed by atoms with Gasteiger partial charge in [-0.15, -0.1) is 10.2 Å². The monoisotopic (exact) mass is 490 g/mol. The largest absolute Gasteiger partial charge is 0.467 e. The normalized spacial score (nSPS) is 12.4. The highest BCUT2D eigenvalue weighted by Gasteiger charge is 2.34. The highest BCUT2D eigenvalue weighted by Crippen LogP contribution is 2.26. The molecule has 0 saturated heterocycles. The number of hydrogen-bond acceptors (Lipinski definition) is 7. The predicted octanol–water partition coefficient (Wildman–Crippen LogP) is 3.83. The van der Waals surface area contributed by atoms with Gasteiger partial charge in [0.05, 0.1) is 12.8 Å². The van der Waals surface area contributed by atoms with Crippen LogP contribution in [0.25, 0.3) is 11.6 Å². The molecule has 36 heavy (non-hydrogen) atoms. The van der Waals surface area contributed by atoms with Gasteiger partial charge in [-0.25, -0.2) is 0 Å². The minimum atomic E-state index is -0.904. The van der Waals surface area contributed by atoms with E-state index in [1.165, 1.54) is 16.0 Å². The third-order valence-electron chi connectivity index (χ3n) is 5.37. The molecule has 1 atom stereocenters. The highest BCUT2D eigenvalue weighted by atomic mass is 16.3. The zero-order chi connectivity index (χ0) is 25.9. The van der Waals surface area contributed by atoms with Crippen molar-refractivity contribution in [1.82, 2.24) is 30.4 Å². The van der Waals surface area contributed by atoms with E-state index in [0.29, 0.717) is 22.8 Å². The third kappa shape index (κ3) is 6.07. The molecule has 1 N–H and O–H groups in total. The Bertz CT molecular complexity index is 1320. The summed E-state index contributed by atoms with van der Waals surface area (Å²) in [5.74, 6) is 1.31. The van der Waals surface area contributed by atoms with Crippen LogP contribution in [0.15, 0.2) is 63.6 Å². The average Bonchev–Trinajstić information content (AvgIpc) is 3.56. The number of aryl methyl sites for hydroxylation is 2. The van der Waals surface area contributed by atoms with Crippen LogP contribution in [0.1, 0.15) is 49.5 Å². The molecule has 1 aromatic carbocycles. The Morgan fingerprint density at radius 1 is 1.08 bits per heavy atom. The minimum Gasteiger partial charge on any atom is -0.467 e. The Morgan fingerprint density at radius 2 is 1.83 bits per heavy atom. The molecular weight excluding hydrogens is 460 g/mol. The van der Waals surface area contributed by atoms with Gasteiger partial charge in [0.1, 0.15) is 24.1 Å². The standard InChI is InChI=1S/C26H30N6O4/c1-17-8-11-19(12-9-17)23(25(34)27-26(3,4)5)31(15-20-7-6-14-35-20)22(33)16-32-29-24(28-30-32)21-13-10-18(2)36-21/h6-14,23H,15-16H2,1-5H3,(H,27,34)/t23-/m0/s1. The molecule has 0 aliphatic carbocycles. The number of amides is 2. The topological polar surface area (TPSA) is 119 Å². The summed E-state index contributed by atoms with van der Waals surface area (Å²) in [5, 5.41) is 15.3. The first-order chi connectivity index (χ1) is 17.1. The van der Waals surface area contributed by atoms with Gasteiger partial charge >= 0.3 is 0 Å². The Balaban J connectivity index is 1.67. The van der Waals surface area contributed by atoms with Crippen LogP contribution in [0.2, 0.25) is 0 Å². The van der Waals surface area contributed by atoms with Gasteiger partial charge < -0.3 is 19.1 Å². The molecule has 3 heterocycles. The van der Waals surface area contributed by atoms with E-state index < -0.39 is 11.6 Å². The van der Waals surface area contributed by atoms with E-state index >= 15 is 0 Å². The molecule has 3 aromatic heterocycles. The molecule has 0 aliphatic rings. The number of nitrogens with one attached hydrogen (secondary N) is 1. The molecule has 0 unspecified atom stereocenters. The molecule has 4 rings (SSSR count). The van der Waals surface area contributed by atoms with Crippen LogP contribution >= 0.6 is 0 Å². The summed E-state index contributed by atoms with van der Waals surface area (Å²) < 4.78 is 11.1. The van der Waals surface area contributed by atoms with Crippen LogP contribution in [0, 0.1) is 13.8 Å². The van der Waals surface area contributed by atoms with Crippen molar-refractivity contribution in [2.24, 2.45) is 0 Å². The van der Waals surface area contributed by atoms with E-state index in [1.807, 2.05) is 58.9 Å². The molecule has 2 amide bonds. The highest BCUT2D eigenvalue weighted by molar-refractivity contribution is 5.89. The second-order valence-electron chi connectivity index (χ2n) is 9.71. The van der Waals surface area contributed by atoms with Crippen LogP contribution < -0.4 is 5.32 Å². The third-order valence-corrected chi connectivity index (χ3v) is 5.37. The van der Waals surface area contributed by atoms with Gasteiger partial charge in [-0.1, -0.05) is 29.8 Å². The number of nitrogens with zero attached hydrogens (tertiary/aromatic N) is 5. The Labute approximate surface area is 209 Å². The van der Waals surface area contributed by atoms with Crippen molar-refractivity contribution in [3.63, 3.8) is 0 Å². The van der Waals surface area contributed by atoms with Gasteiger partial charge in [-0.3, -0.25) is 9.59 Å². The first-order valence-corrected chi connectivity index (χ1v) is 11.6. The number of carbonyl (C=O) groups is 2. The van der Waals surface area contributed by atoms with E-state index in [9.17, 15) is 9.59 Å². The number of furan rings is 2. The lowest BCUT2D eigenvalue weighted by Gasteiger charge is -2.33. The molecule has 0 saturated carbocycles. The summed E-state index contributed by atoms with van der Waals surface area (Å²) >= 11 is 0. The van der Waals surface area contributed by atoms with Gasteiger partial charge in [0.25, 0.3) is 0 Å². The van der Waals surface area contributed by atoms with E-state index in [2.05, 4.69) is 20.7 Å². The molecule has 0 spiro atoms. The van der Waals surface area contributed by atoms with Crippen molar-refractivity contribution in [3.05, 3.63) is 77.4 Å². The molecule has 188 valence electrons. The van der Waals surface area contributed by atoms with Gasteiger partial charge in [-0.05, 0) is 69.7 Å². The maximum atomic E-state index is 13.7. The number of rotatable bonds is 8. The number of aromatic nitrogens is 4. The fraction of sp³-hybridized carbons (Fsp3) is 0.346. The van der Waals surface area contributed by atoms with Crippen molar-refractivity contribution >= 4 is 11.8 Å². The number of benzene rings is 1. The van der Waals surface area contributed by atoms with E-state index in [-0.39, 0.29) is 30.7 Å². The zero-order valence-corrected chi connectivity index (χ0v) is 21.1. The maximum Gasteiger partial charge on any atom is 0.247 e. The molecule has 0 bridgehead atoms. The maximum absolute atomic E-state index is 13.7. The van der Waals surface area contributed by atoms with E-state index in [4.69, 9.17) is 8.83 Å². The van der Waals surface area contributed by atoms with Crippen LogP contribution in [0.4, 0.5) is 0 Å². The van der Waals surface area contributed by atoms with Gasteiger partial charge in [-0.2, -0.15) is 4.80 Å². The lowest BCUT2D eigenvalue weighted by atomic mass is 10.00. The second kappa shape index (κ2) is 10.2. The summed E-state index contributed by atoms with van der Waals surface area (Å²) in [6.45, 7) is 9.33. The van der Waals surface area contributed by atoms with Crippen molar-refractivity contribution in [1.29, 1.82) is 0 Å². The van der Waals surface area contributed by atoms with Crippen molar-refractivity contribution in [2.75, 3.05) is 0 Å². The van der Waals surface area contributed by atoms with Crippen LogP contribution in [0.3, 0.4) is 0 Å². The van der Waals surface area contributed by atoms with Gasteiger partial charge in [0, 0.05) is 5.54 Å². The predicted molar refractivity (Wildman–Crippen MR) is 131 cm³/mol. The van der Waals surface area contributed by atoms with Gasteiger partial charge in [0.15, 0.2) is 5.76 Å². The van der Waals surface area contributed by atoms with Gasteiger partial charge in [0.2, 0.25) is 17.6 Å². The minimum absolute atomic E-state index is 0.0842. The first-order valence-electron chi connectivity index (χ1n) is 11.6. The number of hydrogen-bond donors (Lipinski definition) is 1. The summed E-state index contributed by atoms with van der Waals surface area (Å²) in [5.41, 5.74) is 1.23. The van der Waals surface area contributed by atoms with Crippen molar-refractivity contribution < 1.29 is 18.4 Å². The Hall–Kier alpha value is -4.21. The molecule has 4 aromatic rings. The second-order valence-corrected chi connectivity index (χ2v) is 9.71. The first kappa shape index (κ1) is 24.9. The molecular formula is C26H30N6O4. The summed E-state index contributed by atoms with van der Waals surface area (Å²) in [4.78, 5) is 29.9. The lowest BCUT2D eigenvalue weighted by Crippen LogP contribution is -2.49. The van der Waals surface area contributed by atoms with Crippen molar-refractivity contribution in [2.45, 2.75) is 59.3 Å². The zero-order valence-electron chi connectivity index (χ0n) is 21.1. The number of tetrazole rings is 1. The lowest BCUT2D eigenvalue weighted by molar-refractivity contribution is -0.143. The Kier molecular flexibility index (Phi) is 7.05. The van der Waals surface area contributed by atoms with Crippen LogP contribution in [0.5, 0.6) is 0 Å². The fourth-order valence-electron chi connectivity index (χ4n) is 3.73. The summed E-state index contributed by atoms with van der Waals surface area (Å²) in [6.07, 6.45) is 1.53. The molecule has 0 aliphatic heterocycles. The smallest absolute Gasteiger partial charge is 0.247 e. The number of carbonyl (C=O) groups excluding carboxylic acids is 2. The fourth-order valence-corrected chi connectivity index (χ4v) is 3.73. The molecule has 0 radical (unpaired) electrons. The van der Waals surface area contributed by atoms with Crippen LogP contribution in [-0.2, 0) is 22.7 Å².